The number of rotatable bonds is 4. The summed E-state index contributed by atoms with van der Waals surface area (Å²) >= 11 is 0. The van der Waals surface area contributed by atoms with E-state index >= 15 is 0 Å². The second kappa shape index (κ2) is 11.1. The Hall–Kier alpha value is -2.13. The zero-order valence-corrected chi connectivity index (χ0v) is 17.5. The number of benzene rings is 2. The third kappa shape index (κ3) is 7.48. The molecule has 0 radical (unpaired) electrons. The van der Waals surface area contributed by atoms with E-state index in [1.165, 1.54) is 31.2 Å². The van der Waals surface area contributed by atoms with Crippen molar-refractivity contribution in [2.45, 2.75) is 31.0 Å². The number of aliphatic hydroxyl groups excluding tert-OH is 2. The molecule has 0 saturated carbocycles. The molecule has 1 unspecified atom stereocenters. The van der Waals surface area contributed by atoms with Gasteiger partial charge < -0.3 is 10.2 Å². The Labute approximate surface area is 195 Å². The molecule has 0 amide bonds. The first-order valence-corrected chi connectivity index (χ1v) is 10.5. The summed E-state index contributed by atoms with van der Waals surface area (Å²) in [6.07, 6.45) is -5.17. The minimum atomic E-state index is -4.61. The SMILES string of the molecule is CC(O)CO.Cc1ccc(-c2cc(C(F)(F)F)nn2-c2ccc(S(N)(=O)=O)cc2)cc1.[LiH]. The molecule has 0 aliphatic rings. The molecule has 0 aliphatic carbocycles. The minimum absolute atomic E-state index is 0. The van der Waals surface area contributed by atoms with Gasteiger partial charge in [0.1, 0.15) is 0 Å². The zero-order valence-electron chi connectivity index (χ0n) is 16.7. The van der Waals surface area contributed by atoms with Crippen LogP contribution < -0.4 is 5.14 Å². The van der Waals surface area contributed by atoms with Crippen LogP contribution in [0.3, 0.4) is 0 Å². The number of hydrogen-bond acceptors (Lipinski definition) is 5. The Bertz CT molecular complexity index is 1110. The zero-order chi connectivity index (χ0) is 23.4. The molecule has 4 N–H and O–H groups in total. The van der Waals surface area contributed by atoms with E-state index < -0.39 is 28.0 Å². The molecular weight excluding hydrogens is 442 g/mol. The predicted molar refractivity (Wildman–Crippen MR) is 116 cm³/mol. The maximum atomic E-state index is 13.1. The molecule has 0 bridgehead atoms. The summed E-state index contributed by atoms with van der Waals surface area (Å²) in [5.41, 5.74) is 0.996. The topological polar surface area (TPSA) is 118 Å². The molecule has 3 aromatic rings. The first-order chi connectivity index (χ1) is 14.3. The number of aliphatic hydroxyl groups is 2. The fraction of sp³-hybridized carbons (Fsp3) is 0.250. The van der Waals surface area contributed by atoms with E-state index in [9.17, 15) is 21.6 Å². The predicted octanol–water partition coefficient (Wildman–Crippen LogP) is 2.22. The van der Waals surface area contributed by atoms with E-state index in [1.54, 1.807) is 24.3 Å². The number of sulfonamides is 1. The molecule has 12 heteroatoms. The van der Waals surface area contributed by atoms with Crippen LogP contribution in [0.1, 0.15) is 18.2 Å². The summed E-state index contributed by atoms with van der Waals surface area (Å²) < 4.78 is 63.2. The van der Waals surface area contributed by atoms with Gasteiger partial charge in [-0.2, -0.15) is 18.3 Å². The van der Waals surface area contributed by atoms with Gasteiger partial charge in [-0.15, -0.1) is 0 Å². The van der Waals surface area contributed by atoms with E-state index in [4.69, 9.17) is 15.4 Å². The van der Waals surface area contributed by atoms with Crippen molar-refractivity contribution in [2.24, 2.45) is 5.14 Å². The monoisotopic (exact) mass is 465 g/mol. The van der Waals surface area contributed by atoms with E-state index in [2.05, 4.69) is 5.10 Å². The number of alkyl halides is 3. The fourth-order valence-corrected chi connectivity index (χ4v) is 2.94. The fourth-order valence-electron chi connectivity index (χ4n) is 2.42. The van der Waals surface area contributed by atoms with Crippen molar-refractivity contribution in [1.82, 2.24) is 9.78 Å². The molecule has 0 saturated heterocycles. The van der Waals surface area contributed by atoms with Gasteiger partial charge in [-0.25, -0.2) is 18.2 Å². The number of aromatic nitrogens is 2. The van der Waals surface area contributed by atoms with E-state index in [-0.39, 0.29) is 41.7 Å². The standard InChI is InChI=1S/C17H14F3N3O2S.C3H8O2.Li.H/c1-11-2-4-12(5-3-11)15-10-16(17(18,19)20)22-23(15)13-6-8-14(9-7-13)26(21,24)25;1-3(5)2-4;;/h2-10H,1H3,(H2,21,24,25);3-5H,2H2,1H3;;. The van der Waals surface area contributed by atoms with Crippen LogP contribution in [-0.4, -0.2) is 60.0 Å². The third-order valence-corrected chi connectivity index (χ3v) is 4.95. The number of hydrogen-bond donors (Lipinski definition) is 3. The van der Waals surface area contributed by atoms with Crippen LogP contribution in [0.15, 0.2) is 59.5 Å². The van der Waals surface area contributed by atoms with Gasteiger partial charge in [-0.3, -0.25) is 0 Å². The normalized spacial score (nSPS) is 12.4. The summed E-state index contributed by atoms with van der Waals surface area (Å²) in [6, 6.07) is 13.1. The molecule has 7 nitrogen and oxygen atoms in total. The van der Waals surface area contributed by atoms with Crippen LogP contribution in [-0.2, 0) is 16.2 Å². The Morgan fingerprint density at radius 2 is 1.59 bits per heavy atom. The Balaban J connectivity index is 0.000000770. The molecule has 0 spiro atoms. The number of nitrogens with two attached hydrogens (primary N) is 1. The average Bonchev–Trinajstić information content (AvgIpc) is 3.14. The van der Waals surface area contributed by atoms with Crippen LogP contribution in [0.4, 0.5) is 13.2 Å². The van der Waals surface area contributed by atoms with Gasteiger partial charge in [-0.1, -0.05) is 29.8 Å². The van der Waals surface area contributed by atoms with Crippen LogP contribution in [0, 0.1) is 6.92 Å². The second-order valence-corrected chi connectivity index (χ2v) is 8.32. The summed E-state index contributed by atoms with van der Waals surface area (Å²) in [4.78, 5) is -0.138. The number of halogens is 3. The van der Waals surface area contributed by atoms with Gasteiger partial charge >= 0.3 is 25.0 Å². The molecule has 3 rings (SSSR count). The van der Waals surface area contributed by atoms with Gasteiger partial charge in [0.2, 0.25) is 10.0 Å². The number of primary sulfonamides is 1. The second-order valence-electron chi connectivity index (χ2n) is 6.76. The molecular formula is C20H23F3LiN3O4S. The van der Waals surface area contributed by atoms with Crippen molar-refractivity contribution < 1.29 is 31.8 Å². The van der Waals surface area contributed by atoms with Gasteiger partial charge in [0.05, 0.1) is 29.0 Å². The Kier molecular flexibility index (Phi) is 9.71. The van der Waals surface area contributed by atoms with Crippen molar-refractivity contribution in [3.05, 3.63) is 65.9 Å². The molecule has 0 aliphatic heterocycles. The van der Waals surface area contributed by atoms with Gasteiger partial charge in [0.15, 0.2) is 5.69 Å². The van der Waals surface area contributed by atoms with Crippen molar-refractivity contribution >= 4 is 28.9 Å². The summed E-state index contributed by atoms with van der Waals surface area (Å²) in [5.74, 6) is 0. The molecule has 32 heavy (non-hydrogen) atoms. The number of nitrogens with zero attached hydrogens (tertiary/aromatic N) is 2. The van der Waals surface area contributed by atoms with Crippen LogP contribution in [0.2, 0.25) is 0 Å². The third-order valence-electron chi connectivity index (χ3n) is 4.02. The molecule has 1 aromatic heterocycles. The van der Waals surface area contributed by atoms with Crippen LogP contribution >= 0.6 is 0 Å². The molecule has 1 atom stereocenters. The summed E-state index contributed by atoms with van der Waals surface area (Å²) in [6.45, 7) is 3.26. The van der Waals surface area contributed by atoms with Crippen molar-refractivity contribution in [3.8, 4) is 16.9 Å². The van der Waals surface area contributed by atoms with Crippen molar-refractivity contribution in [3.63, 3.8) is 0 Å². The molecule has 0 fully saturated rings. The maximum absolute atomic E-state index is 13.1. The van der Waals surface area contributed by atoms with Gasteiger partial charge in [-0.05, 0) is 44.2 Å². The van der Waals surface area contributed by atoms with Crippen LogP contribution in [0.25, 0.3) is 16.9 Å². The van der Waals surface area contributed by atoms with Gasteiger partial charge in [0, 0.05) is 5.56 Å². The summed E-state index contributed by atoms with van der Waals surface area (Å²) in [5, 5.41) is 24.7. The van der Waals surface area contributed by atoms with Crippen molar-refractivity contribution in [1.29, 1.82) is 0 Å². The Morgan fingerprint density at radius 1 is 1.09 bits per heavy atom. The van der Waals surface area contributed by atoms with E-state index in [0.29, 0.717) is 5.56 Å². The molecule has 170 valence electrons. The quantitative estimate of drug-likeness (QED) is 0.511. The van der Waals surface area contributed by atoms with E-state index in [0.717, 1.165) is 16.3 Å². The first-order valence-electron chi connectivity index (χ1n) is 8.99. The molecule has 2 aromatic carbocycles. The summed E-state index contributed by atoms with van der Waals surface area (Å²) in [7, 11) is -3.90. The van der Waals surface area contributed by atoms with Crippen LogP contribution in [0.5, 0.6) is 0 Å². The van der Waals surface area contributed by atoms with Gasteiger partial charge in [0.25, 0.3) is 0 Å². The Morgan fingerprint density at radius 3 is 2.00 bits per heavy atom. The molecule has 1 heterocycles. The first kappa shape index (κ1) is 27.9. The average molecular weight is 465 g/mol. The van der Waals surface area contributed by atoms with E-state index in [1.807, 2.05) is 6.92 Å². The number of aryl methyl sites for hydroxylation is 1. The van der Waals surface area contributed by atoms with Crippen molar-refractivity contribution in [2.75, 3.05) is 6.61 Å².